The van der Waals surface area contributed by atoms with E-state index in [-0.39, 0.29) is 5.84 Å². The van der Waals surface area contributed by atoms with Gasteiger partial charge in [0.1, 0.15) is 5.75 Å². The topological polar surface area (TPSA) is 67.8 Å². The lowest BCUT2D eigenvalue weighted by Gasteiger charge is -2.09. The van der Waals surface area contributed by atoms with Crippen LogP contribution in [0, 0.1) is 0 Å². The van der Waals surface area contributed by atoms with Crippen LogP contribution in [0.1, 0.15) is 19.4 Å². The van der Waals surface area contributed by atoms with Gasteiger partial charge in [-0.15, -0.1) is 0 Å². The minimum absolute atomic E-state index is 0.0121. The minimum Gasteiger partial charge on any atom is -0.493 e. The van der Waals surface area contributed by atoms with Crippen LogP contribution in [-0.4, -0.2) is 28.7 Å². The summed E-state index contributed by atoms with van der Waals surface area (Å²) in [5.41, 5.74) is 5.96. The predicted molar refractivity (Wildman–Crippen MR) is 77.1 cm³/mol. The van der Waals surface area contributed by atoms with Gasteiger partial charge < -0.3 is 15.7 Å². The number of nitrogens with zero attached hydrogens (tertiary/aromatic N) is 1. The van der Waals surface area contributed by atoms with Crippen LogP contribution in [-0.2, 0) is 0 Å². The second kappa shape index (κ2) is 7.38. The molecule has 6 heteroatoms. The molecule has 0 aliphatic carbocycles. The van der Waals surface area contributed by atoms with Gasteiger partial charge in [-0.2, -0.15) is 11.8 Å². The lowest BCUT2D eigenvalue weighted by molar-refractivity contribution is 0.318. The van der Waals surface area contributed by atoms with Gasteiger partial charge in [-0.1, -0.05) is 30.6 Å². The third-order valence-corrected chi connectivity index (χ3v) is 3.51. The fourth-order valence-corrected chi connectivity index (χ4v) is 2.21. The van der Waals surface area contributed by atoms with Gasteiger partial charge in [0.15, 0.2) is 5.84 Å². The maximum atomic E-state index is 8.58. The molecule has 0 unspecified atom stereocenters. The smallest absolute Gasteiger partial charge is 0.171 e. The van der Waals surface area contributed by atoms with E-state index in [1.54, 1.807) is 18.2 Å². The fourth-order valence-electron chi connectivity index (χ4n) is 1.29. The summed E-state index contributed by atoms with van der Waals surface area (Å²) in [6, 6.07) is 5.08. The first kappa shape index (κ1) is 15.0. The van der Waals surface area contributed by atoms with E-state index in [1.165, 1.54) is 0 Å². The summed E-state index contributed by atoms with van der Waals surface area (Å²) in [6.45, 7) is 4.92. The van der Waals surface area contributed by atoms with Crippen molar-refractivity contribution in [1.29, 1.82) is 0 Å². The van der Waals surface area contributed by atoms with Gasteiger partial charge in [0.05, 0.1) is 11.6 Å². The van der Waals surface area contributed by atoms with Crippen molar-refractivity contribution in [2.24, 2.45) is 10.9 Å². The van der Waals surface area contributed by atoms with Crippen LogP contribution in [0.15, 0.2) is 23.4 Å². The first-order valence-electron chi connectivity index (χ1n) is 5.56. The molecule has 0 radical (unpaired) electrons. The Labute approximate surface area is 116 Å². The van der Waals surface area contributed by atoms with Crippen LogP contribution in [0.25, 0.3) is 0 Å². The molecule has 0 saturated heterocycles. The summed E-state index contributed by atoms with van der Waals surface area (Å²) in [6.07, 6.45) is 0. The molecule has 0 aliphatic heterocycles. The van der Waals surface area contributed by atoms with Crippen molar-refractivity contribution in [3.05, 3.63) is 28.8 Å². The zero-order valence-electron chi connectivity index (χ0n) is 10.4. The lowest BCUT2D eigenvalue weighted by Crippen LogP contribution is -2.13. The average molecular weight is 289 g/mol. The van der Waals surface area contributed by atoms with Crippen LogP contribution >= 0.6 is 23.4 Å². The molecule has 0 aromatic heterocycles. The fraction of sp³-hybridized carbons (Fsp3) is 0.417. The Kier molecular flexibility index (Phi) is 6.15. The molecular formula is C12H17ClN2O2S. The highest BCUT2D eigenvalue weighted by Gasteiger charge is 2.07. The van der Waals surface area contributed by atoms with Crippen LogP contribution in [0.2, 0.25) is 5.02 Å². The first-order valence-corrected chi connectivity index (χ1v) is 6.99. The molecule has 1 rings (SSSR count). The first-order chi connectivity index (χ1) is 8.54. The number of hydrogen-bond donors (Lipinski definition) is 2. The Bertz CT molecular complexity index is 425. The van der Waals surface area contributed by atoms with Gasteiger partial charge in [0, 0.05) is 11.3 Å². The molecule has 1 aromatic rings. The molecule has 0 spiro atoms. The summed E-state index contributed by atoms with van der Waals surface area (Å²) in [4.78, 5) is 0. The van der Waals surface area contributed by atoms with E-state index < -0.39 is 0 Å². The van der Waals surface area contributed by atoms with Gasteiger partial charge in [-0.05, 0) is 23.4 Å². The zero-order chi connectivity index (χ0) is 13.5. The second-order valence-electron chi connectivity index (χ2n) is 3.89. The van der Waals surface area contributed by atoms with Crippen LogP contribution < -0.4 is 10.5 Å². The highest BCUT2D eigenvalue weighted by molar-refractivity contribution is 7.99. The van der Waals surface area contributed by atoms with Gasteiger partial charge in [-0.25, -0.2) is 0 Å². The number of thioether (sulfide) groups is 1. The van der Waals surface area contributed by atoms with Gasteiger partial charge >= 0.3 is 0 Å². The van der Waals surface area contributed by atoms with Crippen molar-refractivity contribution < 1.29 is 9.94 Å². The lowest BCUT2D eigenvalue weighted by atomic mass is 10.2. The molecule has 4 nitrogen and oxygen atoms in total. The van der Waals surface area contributed by atoms with Gasteiger partial charge in [0.2, 0.25) is 0 Å². The number of rotatable bonds is 6. The van der Waals surface area contributed by atoms with Crippen molar-refractivity contribution in [3.8, 4) is 5.75 Å². The average Bonchev–Trinajstić information content (AvgIpc) is 2.33. The molecule has 18 heavy (non-hydrogen) atoms. The van der Waals surface area contributed by atoms with E-state index in [0.29, 0.717) is 28.2 Å². The Hall–Kier alpha value is -1.07. The Morgan fingerprint density at radius 1 is 1.56 bits per heavy atom. The molecule has 0 amide bonds. The molecule has 0 aliphatic rings. The van der Waals surface area contributed by atoms with Crippen molar-refractivity contribution in [1.82, 2.24) is 0 Å². The molecular weight excluding hydrogens is 272 g/mol. The number of amidine groups is 1. The molecule has 100 valence electrons. The molecule has 3 N–H and O–H groups in total. The quantitative estimate of drug-likeness (QED) is 0.278. The largest absolute Gasteiger partial charge is 0.493 e. The third kappa shape index (κ3) is 4.66. The monoisotopic (exact) mass is 288 g/mol. The highest BCUT2D eigenvalue weighted by atomic mass is 35.5. The van der Waals surface area contributed by atoms with Crippen LogP contribution in [0.3, 0.4) is 0 Å². The molecule has 0 fully saturated rings. The predicted octanol–water partition coefficient (Wildman–Crippen LogP) is 2.95. The Balaban J connectivity index is 2.57. The third-order valence-electron chi connectivity index (χ3n) is 2.13. The number of halogens is 1. The van der Waals surface area contributed by atoms with Gasteiger partial charge in [-0.3, -0.25) is 0 Å². The van der Waals surface area contributed by atoms with E-state index in [9.17, 15) is 0 Å². The van der Waals surface area contributed by atoms with Crippen molar-refractivity contribution >= 4 is 29.2 Å². The number of oxime groups is 1. The Morgan fingerprint density at radius 2 is 2.28 bits per heavy atom. The summed E-state index contributed by atoms with van der Waals surface area (Å²) >= 11 is 7.85. The normalized spacial score (nSPS) is 11.9. The minimum atomic E-state index is -0.0121. The number of benzene rings is 1. The summed E-state index contributed by atoms with van der Waals surface area (Å²) in [7, 11) is 0. The van der Waals surface area contributed by atoms with E-state index in [2.05, 4.69) is 19.0 Å². The van der Waals surface area contributed by atoms with Gasteiger partial charge in [0.25, 0.3) is 0 Å². The zero-order valence-corrected chi connectivity index (χ0v) is 12.0. The molecule has 1 aromatic carbocycles. The summed E-state index contributed by atoms with van der Waals surface area (Å²) < 4.78 is 5.56. The van der Waals surface area contributed by atoms with Crippen molar-refractivity contribution in [2.45, 2.75) is 19.1 Å². The Morgan fingerprint density at radius 3 is 2.83 bits per heavy atom. The second-order valence-corrected chi connectivity index (χ2v) is 5.99. The van der Waals surface area contributed by atoms with Crippen molar-refractivity contribution in [3.63, 3.8) is 0 Å². The molecule has 0 atom stereocenters. The maximum absolute atomic E-state index is 8.58. The number of ether oxygens (including phenoxy) is 1. The summed E-state index contributed by atoms with van der Waals surface area (Å²) in [5.74, 6) is 1.60. The van der Waals surface area contributed by atoms with E-state index in [0.717, 1.165) is 5.75 Å². The standard InChI is InChI=1S/C12H17ClN2O2S/c1-8(2)18-6-5-17-9-3-4-10(11(13)7-9)12(14)15-16/h3-4,7-8,16H,5-6H2,1-2H3,(H2,14,15). The molecule has 0 heterocycles. The maximum Gasteiger partial charge on any atom is 0.171 e. The van der Waals surface area contributed by atoms with E-state index >= 15 is 0 Å². The van der Waals surface area contributed by atoms with Crippen LogP contribution in [0.5, 0.6) is 5.75 Å². The molecule has 0 bridgehead atoms. The highest BCUT2D eigenvalue weighted by Crippen LogP contribution is 2.22. The van der Waals surface area contributed by atoms with Crippen molar-refractivity contribution in [2.75, 3.05) is 12.4 Å². The van der Waals surface area contributed by atoms with E-state index in [4.69, 9.17) is 27.3 Å². The molecule has 0 saturated carbocycles. The SMILES string of the molecule is CC(C)SCCOc1ccc(/C(N)=N/O)c(Cl)c1. The van der Waals surface area contributed by atoms with Crippen LogP contribution in [0.4, 0.5) is 0 Å². The van der Waals surface area contributed by atoms with E-state index in [1.807, 2.05) is 11.8 Å². The number of nitrogens with two attached hydrogens (primary N) is 1. The number of hydrogen-bond acceptors (Lipinski definition) is 4. The summed E-state index contributed by atoms with van der Waals surface area (Å²) in [5, 5.41) is 12.5.